The molecule has 112 valence electrons. The third kappa shape index (κ3) is 2.52. The van der Waals surface area contributed by atoms with Crippen LogP contribution in [0.2, 0.25) is 0 Å². The highest BCUT2D eigenvalue weighted by molar-refractivity contribution is 5.70. The van der Waals surface area contributed by atoms with Gasteiger partial charge in [-0.05, 0) is 16.5 Å². The minimum atomic E-state index is -2.15. The number of benzene rings is 2. The monoisotopic (exact) mass is 300 g/mol. The van der Waals surface area contributed by atoms with Crippen LogP contribution in [0, 0.1) is 29.1 Å². The van der Waals surface area contributed by atoms with Gasteiger partial charge in [0.2, 0.25) is 5.82 Å². The number of rotatable bonds is 1. The van der Waals surface area contributed by atoms with Crippen molar-refractivity contribution >= 4 is 0 Å². The van der Waals surface area contributed by atoms with Gasteiger partial charge in [0, 0.05) is 0 Å². The normalized spacial score (nSPS) is 11.8. The summed E-state index contributed by atoms with van der Waals surface area (Å²) in [5.41, 5.74) is -0.917. The van der Waals surface area contributed by atoms with Crippen LogP contribution in [0.25, 0.3) is 11.1 Å². The Morgan fingerprint density at radius 3 is 1.57 bits per heavy atom. The van der Waals surface area contributed by atoms with Crippen molar-refractivity contribution in [3.63, 3.8) is 0 Å². The zero-order chi connectivity index (χ0) is 15.9. The van der Waals surface area contributed by atoms with Gasteiger partial charge in [-0.15, -0.1) is 0 Å². The summed E-state index contributed by atoms with van der Waals surface area (Å²) in [4.78, 5) is 0. The van der Waals surface area contributed by atoms with Gasteiger partial charge in [-0.3, -0.25) is 0 Å². The first-order chi connectivity index (χ1) is 9.66. The summed E-state index contributed by atoms with van der Waals surface area (Å²) >= 11 is 0. The molecule has 21 heavy (non-hydrogen) atoms. The molecule has 0 nitrogen and oxygen atoms in total. The highest BCUT2D eigenvalue weighted by Gasteiger charge is 2.29. The third-order valence-corrected chi connectivity index (χ3v) is 3.21. The van der Waals surface area contributed by atoms with E-state index in [0.29, 0.717) is 5.56 Å². The Labute approximate surface area is 119 Å². The van der Waals surface area contributed by atoms with Crippen molar-refractivity contribution in [2.24, 2.45) is 0 Å². The molecule has 2 rings (SSSR count). The van der Waals surface area contributed by atoms with Crippen LogP contribution in [0.5, 0.6) is 0 Å². The van der Waals surface area contributed by atoms with E-state index in [1.165, 1.54) is 12.1 Å². The van der Waals surface area contributed by atoms with Gasteiger partial charge in [0.15, 0.2) is 23.3 Å². The molecule has 0 amide bonds. The lowest BCUT2D eigenvalue weighted by molar-refractivity contribution is 0.381. The summed E-state index contributed by atoms with van der Waals surface area (Å²) in [6.45, 7) is 5.37. The molecule has 0 N–H and O–H groups in total. The second kappa shape index (κ2) is 5.13. The molecular weight excluding hydrogens is 287 g/mol. The van der Waals surface area contributed by atoms with E-state index in [0.717, 1.165) is 0 Å². The third-order valence-electron chi connectivity index (χ3n) is 3.21. The molecule has 0 saturated carbocycles. The molecule has 0 aliphatic rings. The molecule has 0 radical (unpaired) electrons. The first-order valence-corrected chi connectivity index (χ1v) is 6.27. The molecule has 5 heteroatoms. The molecule has 0 fully saturated rings. The van der Waals surface area contributed by atoms with Gasteiger partial charge in [-0.25, -0.2) is 22.0 Å². The molecule has 0 aliphatic heterocycles. The van der Waals surface area contributed by atoms with E-state index in [1.54, 1.807) is 32.9 Å². The van der Waals surface area contributed by atoms with E-state index in [2.05, 4.69) is 0 Å². The zero-order valence-corrected chi connectivity index (χ0v) is 11.7. The van der Waals surface area contributed by atoms with Gasteiger partial charge in [0.25, 0.3) is 0 Å². The minimum absolute atomic E-state index is 0.00204. The lowest BCUT2D eigenvalue weighted by Crippen LogP contribution is -2.14. The Hall–Kier alpha value is -1.91. The van der Waals surface area contributed by atoms with Crippen LogP contribution in [-0.2, 0) is 5.41 Å². The first kappa shape index (κ1) is 15.5. The number of halogens is 5. The first-order valence-electron chi connectivity index (χ1n) is 6.27. The van der Waals surface area contributed by atoms with E-state index in [-0.39, 0.29) is 5.56 Å². The van der Waals surface area contributed by atoms with Crippen LogP contribution in [0.1, 0.15) is 26.3 Å². The zero-order valence-electron chi connectivity index (χ0n) is 11.7. The lowest BCUT2D eigenvalue weighted by atomic mass is 9.81. The minimum Gasteiger partial charge on any atom is -0.203 e. The van der Waals surface area contributed by atoms with Crippen molar-refractivity contribution in [1.29, 1.82) is 0 Å². The highest BCUT2D eigenvalue weighted by atomic mass is 19.2. The van der Waals surface area contributed by atoms with Crippen LogP contribution in [0.3, 0.4) is 0 Å². The van der Waals surface area contributed by atoms with E-state index in [4.69, 9.17) is 0 Å². The van der Waals surface area contributed by atoms with E-state index in [1.807, 2.05) is 0 Å². The molecular formula is C16H13F5. The van der Waals surface area contributed by atoms with Crippen LogP contribution in [0.4, 0.5) is 22.0 Å². The summed E-state index contributed by atoms with van der Waals surface area (Å²) < 4.78 is 67.7. The van der Waals surface area contributed by atoms with Crippen molar-refractivity contribution in [1.82, 2.24) is 0 Å². The Kier molecular flexibility index (Phi) is 3.78. The fourth-order valence-corrected chi connectivity index (χ4v) is 2.20. The molecule has 0 unspecified atom stereocenters. The van der Waals surface area contributed by atoms with Crippen LogP contribution in [-0.4, -0.2) is 0 Å². The quantitative estimate of drug-likeness (QED) is 0.378. The standard InChI is InChI=1S/C16H13F5/c1-16(2,3)9-7-5-4-6-8(9)10-11(17)13(19)15(21)14(20)12(10)18/h4-7H,1-3H3. The van der Waals surface area contributed by atoms with Crippen molar-refractivity contribution in [2.45, 2.75) is 26.2 Å². The molecule has 0 saturated heterocycles. The smallest absolute Gasteiger partial charge is 0.200 e. The Morgan fingerprint density at radius 2 is 1.10 bits per heavy atom. The summed E-state index contributed by atoms with van der Waals surface area (Å²) in [7, 11) is 0. The van der Waals surface area contributed by atoms with E-state index >= 15 is 0 Å². The summed E-state index contributed by atoms with van der Waals surface area (Å²) in [6, 6.07) is 6.09. The molecule has 2 aromatic rings. The van der Waals surface area contributed by atoms with Gasteiger partial charge in [-0.2, -0.15) is 0 Å². The van der Waals surface area contributed by atoms with Crippen molar-refractivity contribution in [3.8, 4) is 11.1 Å². The molecule has 0 spiro atoms. The number of hydrogen-bond donors (Lipinski definition) is 0. The van der Waals surface area contributed by atoms with Crippen LogP contribution < -0.4 is 0 Å². The second-order valence-corrected chi connectivity index (χ2v) is 5.74. The van der Waals surface area contributed by atoms with Gasteiger partial charge >= 0.3 is 0 Å². The topological polar surface area (TPSA) is 0 Å². The van der Waals surface area contributed by atoms with Crippen LogP contribution in [0.15, 0.2) is 24.3 Å². The van der Waals surface area contributed by atoms with E-state index in [9.17, 15) is 22.0 Å². The maximum Gasteiger partial charge on any atom is 0.200 e. The Morgan fingerprint density at radius 1 is 0.667 bits per heavy atom. The highest BCUT2D eigenvalue weighted by Crippen LogP contribution is 2.37. The van der Waals surface area contributed by atoms with E-state index < -0.39 is 40.1 Å². The predicted molar refractivity (Wildman–Crippen MR) is 70.4 cm³/mol. The lowest BCUT2D eigenvalue weighted by Gasteiger charge is -2.23. The molecule has 2 aromatic carbocycles. The van der Waals surface area contributed by atoms with Gasteiger partial charge in [0.1, 0.15) is 0 Å². The summed E-state index contributed by atoms with van der Waals surface area (Å²) in [5.74, 6) is -9.66. The fraction of sp³-hybridized carbons (Fsp3) is 0.250. The van der Waals surface area contributed by atoms with Gasteiger partial charge in [-0.1, -0.05) is 45.0 Å². The van der Waals surface area contributed by atoms with Crippen LogP contribution >= 0.6 is 0 Å². The second-order valence-electron chi connectivity index (χ2n) is 5.74. The maximum atomic E-state index is 13.9. The number of hydrogen-bond acceptors (Lipinski definition) is 0. The largest absolute Gasteiger partial charge is 0.203 e. The molecule has 0 atom stereocenters. The molecule has 0 aliphatic carbocycles. The fourth-order valence-electron chi connectivity index (χ4n) is 2.20. The SMILES string of the molecule is CC(C)(C)c1ccccc1-c1c(F)c(F)c(F)c(F)c1F. The summed E-state index contributed by atoms with van der Waals surface area (Å²) in [6.07, 6.45) is 0. The molecule has 0 aromatic heterocycles. The van der Waals surface area contributed by atoms with Gasteiger partial charge in [0.05, 0.1) is 5.56 Å². The molecule has 0 bridgehead atoms. The molecule has 0 heterocycles. The Balaban J connectivity index is 2.87. The van der Waals surface area contributed by atoms with Crippen molar-refractivity contribution in [2.75, 3.05) is 0 Å². The average molecular weight is 300 g/mol. The van der Waals surface area contributed by atoms with Crippen molar-refractivity contribution in [3.05, 3.63) is 58.9 Å². The average Bonchev–Trinajstić information content (AvgIpc) is 2.43. The van der Waals surface area contributed by atoms with Crippen molar-refractivity contribution < 1.29 is 22.0 Å². The Bertz CT molecular complexity index is 670. The van der Waals surface area contributed by atoms with Gasteiger partial charge < -0.3 is 0 Å². The maximum absolute atomic E-state index is 13.9. The summed E-state index contributed by atoms with van der Waals surface area (Å²) in [5, 5.41) is 0. The predicted octanol–water partition coefficient (Wildman–Crippen LogP) is 5.35.